The Morgan fingerprint density at radius 2 is 0.517 bits per heavy atom. The molecule has 0 aromatic carbocycles. The summed E-state index contributed by atoms with van der Waals surface area (Å²) in [7, 11) is -9.89. The van der Waals surface area contributed by atoms with E-state index in [0.29, 0.717) is 25.7 Å². The monoisotopic (exact) mass is 1310 g/mol. The third-order valence-electron chi connectivity index (χ3n) is 16.2. The van der Waals surface area contributed by atoms with Crippen LogP contribution in [0.5, 0.6) is 0 Å². The quantitative estimate of drug-likeness (QED) is 0.0222. The van der Waals surface area contributed by atoms with Crippen LogP contribution in [0.1, 0.15) is 356 Å². The van der Waals surface area contributed by atoms with Gasteiger partial charge in [-0.05, 0) is 37.5 Å². The van der Waals surface area contributed by atoms with Gasteiger partial charge in [0.1, 0.15) is 19.3 Å². The molecule has 528 valence electrons. The van der Waals surface area contributed by atoms with Crippen LogP contribution in [-0.4, -0.2) is 96.7 Å². The molecule has 0 amide bonds. The Kier molecular flexibility index (Phi) is 60.8. The van der Waals surface area contributed by atoms with Crippen molar-refractivity contribution in [3.8, 4) is 0 Å². The van der Waals surface area contributed by atoms with Crippen molar-refractivity contribution < 1.29 is 80.2 Å². The van der Waals surface area contributed by atoms with Crippen molar-refractivity contribution in [2.24, 2.45) is 11.8 Å². The number of ether oxygens (including phenoxy) is 4. The molecule has 0 spiro atoms. The minimum Gasteiger partial charge on any atom is -0.462 e. The molecule has 89 heavy (non-hydrogen) atoms. The Balaban J connectivity index is 5.15. The fourth-order valence-electron chi connectivity index (χ4n) is 10.6. The van der Waals surface area contributed by atoms with Crippen molar-refractivity contribution in [3.63, 3.8) is 0 Å². The summed E-state index contributed by atoms with van der Waals surface area (Å²) in [6.07, 6.45) is 47.5. The van der Waals surface area contributed by atoms with Crippen LogP contribution < -0.4 is 0 Å². The lowest BCUT2D eigenvalue weighted by Gasteiger charge is -2.21. The molecule has 0 aliphatic rings. The zero-order valence-electron chi connectivity index (χ0n) is 57.7. The first kappa shape index (κ1) is 87.1. The van der Waals surface area contributed by atoms with Gasteiger partial charge in [0.15, 0.2) is 12.2 Å². The fourth-order valence-corrected chi connectivity index (χ4v) is 12.2. The van der Waals surface area contributed by atoms with Gasteiger partial charge in [-0.2, -0.15) is 0 Å². The number of unbranched alkanes of at least 4 members (excludes halogenated alkanes) is 39. The number of phosphoric ester groups is 2. The fraction of sp³-hybridized carbons (Fsp3) is 0.943. The summed E-state index contributed by atoms with van der Waals surface area (Å²) in [6, 6.07) is 0. The lowest BCUT2D eigenvalue weighted by atomic mass is 10.0. The molecule has 0 aliphatic heterocycles. The highest BCUT2D eigenvalue weighted by molar-refractivity contribution is 7.47. The highest BCUT2D eigenvalue weighted by Gasteiger charge is 2.30. The molecule has 0 heterocycles. The summed E-state index contributed by atoms with van der Waals surface area (Å²) in [5, 5.41) is 10.6. The van der Waals surface area contributed by atoms with Crippen LogP contribution in [0.25, 0.3) is 0 Å². The molecule has 0 aromatic heterocycles. The van der Waals surface area contributed by atoms with Crippen LogP contribution in [0.15, 0.2) is 0 Å². The van der Waals surface area contributed by atoms with Crippen LogP contribution in [0, 0.1) is 11.8 Å². The number of hydrogen-bond donors (Lipinski definition) is 3. The molecular weight excluding hydrogens is 1170 g/mol. The summed E-state index contributed by atoms with van der Waals surface area (Å²) >= 11 is 0. The number of aliphatic hydroxyl groups is 1. The first-order chi connectivity index (χ1) is 42.9. The topological polar surface area (TPSA) is 237 Å². The van der Waals surface area contributed by atoms with E-state index < -0.39 is 97.5 Å². The van der Waals surface area contributed by atoms with Gasteiger partial charge in [-0.3, -0.25) is 37.3 Å². The third-order valence-corrected chi connectivity index (χ3v) is 18.1. The molecule has 2 unspecified atom stereocenters. The second kappa shape index (κ2) is 62.2. The second-order valence-electron chi connectivity index (χ2n) is 26.2. The van der Waals surface area contributed by atoms with Crippen molar-refractivity contribution in [1.29, 1.82) is 0 Å². The number of phosphoric acid groups is 2. The van der Waals surface area contributed by atoms with Crippen LogP contribution in [0.4, 0.5) is 0 Å². The summed E-state index contributed by atoms with van der Waals surface area (Å²) in [5.41, 5.74) is 0. The predicted octanol–water partition coefficient (Wildman–Crippen LogP) is 20.0. The molecule has 0 rings (SSSR count). The minimum absolute atomic E-state index is 0.107. The molecule has 0 aromatic rings. The van der Waals surface area contributed by atoms with Crippen LogP contribution >= 0.6 is 15.6 Å². The first-order valence-corrected chi connectivity index (χ1v) is 39.5. The normalized spacial score (nSPS) is 14.1. The molecule has 19 heteroatoms. The van der Waals surface area contributed by atoms with E-state index in [4.69, 9.17) is 37.0 Å². The Morgan fingerprint density at radius 1 is 0.303 bits per heavy atom. The smallest absolute Gasteiger partial charge is 0.462 e. The van der Waals surface area contributed by atoms with Gasteiger partial charge in [0, 0.05) is 25.7 Å². The molecule has 0 fully saturated rings. The number of rotatable bonds is 69. The zero-order chi connectivity index (χ0) is 65.7. The largest absolute Gasteiger partial charge is 0.472 e. The average Bonchev–Trinajstić information content (AvgIpc) is 3.64. The molecule has 0 bridgehead atoms. The van der Waals surface area contributed by atoms with Crippen LogP contribution in [0.3, 0.4) is 0 Å². The van der Waals surface area contributed by atoms with Crippen molar-refractivity contribution in [2.45, 2.75) is 374 Å². The van der Waals surface area contributed by atoms with E-state index in [-0.39, 0.29) is 25.7 Å². The highest BCUT2D eigenvalue weighted by Crippen LogP contribution is 2.45. The average molecular weight is 1310 g/mol. The maximum Gasteiger partial charge on any atom is 0.472 e. The summed E-state index contributed by atoms with van der Waals surface area (Å²) < 4.78 is 68.1. The Hall–Kier alpha value is -1.94. The van der Waals surface area contributed by atoms with Gasteiger partial charge < -0.3 is 33.8 Å². The minimum atomic E-state index is -4.95. The number of carbonyl (C=O) groups excluding carboxylic acids is 4. The van der Waals surface area contributed by atoms with Gasteiger partial charge in [-0.15, -0.1) is 0 Å². The molecule has 0 saturated carbocycles. The van der Waals surface area contributed by atoms with Crippen LogP contribution in [-0.2, 0) is 65.4 Å². The lowest BCUT2D eigenvalue weighted by molar-refractivity contribution is -0.161. The van der Waals surface area contributed by atoms with Crippen molar-refractivity contribution in [2.75, 3.05) is 39.6 Å². The number of carbonyl (C=O) groups is 4. The van der Waals surface area contributed by atoms with E-state index >= 15 is 0 Å². The van der Waals surface area contributed by atoms with Crippen molar-refractivity contribution >= 4 is 39.5 Å². The van der Waals surface area contributed by atoms with E-state index in [1.54, 1.807) is 0 Å². The van der Waals surface area contributed by atoms with Gasteiger partial charge in [0.05, 0.1) is 26.4 Å². The number of hydrogen-bond acceptors (Lipinski definition) is 15. The molecule has 3 N–H and O–H groups in total. The maximum atomic E-state index is 13.0. The summed E-state index contributed by atoms with van der Waals surface area (Å²) in [5.74, 6) is -0.573. The predicted molar refractivity (Wildman–Crippen MR) is 358 cm³/mol. The van der Waals surface area contributed by atoms with Crippen LogP contribution in [0.2, 0.25) is 0 Å². The SMILES string of the molecule is CCCCCCCCCCCCCCCC(=O)O[C@H](COC(=O)CCCCCCC)COP(=O)(O)OC[C@H](O)COP(=O)(O)OC[C@@H](COC(=O)CCCCCCCCCCCCC(C)C)OC(=O)CCCCCCCCCCCCCCCCCC(C)C. The molecular formula is C70H136O17P2. The Bertz CT molecular complexity index is 1730. The second-order valence-corrected chi connectivity index (χ2v) is 29.1. The van der Waals surface area contributed by atoms with E-state index in [0.717, 1.165) is 108 Å². The molecule has 0 aliphatic carbocycles. The molecule has 0 saturated heterocycles. The molecule has 0 radical (unpaired) electrons. The van der Waals surface area contributed by atoms with Gasteiger partial charge in [0.2, 0.25) is 0 Å². The standard InChI is InChI=1S/C70H136O17P2/c1-7-9-11-13-14-15-16-20-24-31-36-42-48-54-69(74)86-65(58-80-67(72)52-46-38-12-10-8-2)60-84-88(76,77)82-56-64(71)57-83-89(78,79)85-61-66(59-81-68(73)53-47-41-35-30-27-26-29-34-40-45-51-63(5)6)87-70(75)55-49-43-37-32-25-22-19-17-18-21-23-28-33-39-44-50-62(3)4/h62-66,71H,7-61H2,1-6H3,(H,76,77)(H,78,79)/t64-,65+,66+/m0/s1. The molecule has 17 nitrogen and oxygen atoms in total. The first-order valence-electron chi connectivity index (χ1n) is 36.5. The van der Waals surface area contributed by atoms with Gasteiger partial charge in [-0.25, -0.2) is 9.13 Å². The summed E-state index contributed by atoms with van der Waals surface area (Å²) in [4.78, 5) is 72.3. The van der Waals surface area contributed by atoms with E-state index in [1.165, 1.54) is 167 Å². The number of aliphatic hydroxyl groups excluding tert-OH is 1. The van der Waals surface area contributed by atoms with Gasteiger partial charge in [0.25, 0.3) is 0 Å². The van der Waals surface area contributed by atoms with Gasteiger partial charge in [-0.1, -0.05) is 305 Å². The Labute approximate surface area is 543 Å². The molecule has 5 atom stereocenters. The van der Waals surface area contributed by atoms with E-state index in [2.05, 4.69) is 41.5 Å². The van der Waals surface area contributed by atoms with Crippen molar-refractivity contribution in [1.82, 2.24) is 0 Å². The Morgan fingerprint density at radius 3 is 0.764 bits per heavy atom. The lowest BCUT2D eigenvalue weighted by Crippen LogP contribution is -2.30. The van der Waals surface area contributed by atoms with Crippen molar-refractivity contribution in [3.05, 3.63) is 0 Å². The highest BCUT2D eigenvalue weighted by atomic mass is 31.2. The zero-order valence-corrected chi connectivity index (χ0v) is 59.5. The summed E-state index contributed by atoms with van der Waals surface area (Å²) in [6.45, 7) is 9.49. The maximum absolute atomic E-state index is 13.0. The van der Waals surface area contributed by atoms with Gasteiger partial charge >= 0.3 is 39.5 Å². The van der Waals surface area contributed by atoms with E-state index in [1.807, 2.05) is 0 Å². The third kappa shape index (κ3) is 64.6. The number of esters is 4. The van der Waals surface area contributed by atoms with E-state index in [9.17, 15) is 43.2 Å².